The van der Waals surface area contributed by atoms with Gasteiger partial charge in [-0.2, -0.15) is 10.5 Å². The molecule has 1 aromatic heterocycles. The number of anilines is 1. The molecule has 8 heteroatoms. The van der Waals surface area contributed by atoms with Crippen molar-refractivity contribution in [3.8, 4) is 18.0 Å². The molecule has 0 spiro atoms. The van der Waals surface area contributed by atoms with E-state index in [9.17, 15) is 10.1 Å². The molecule has 8 nitrogen and oxygen atoms in total. The van der Waals surface area contributed by atoms with Crippen molar-refractivity contribution in [2.45, 2.75) is 12.8 Å². The lowest BCUT2D eigenvalue weighted by Crippen LogP contribution is -2.25. The quantitative estimate of drug-likeness (QED) is 0.530. The molecule has 2 aromatic rings. The molecule has 0 saturated carbocycles. The van der Waals surface area contributed by atoms with Crippen molar-refractivity contribution in [3.05, 3.63) is 53.2 Å². The predicted molar refractivity (Wildman–Crippen MR) is 109 cm³/mol. The summed E-state index contributed by atoms with van der Waals surface area (Å²) in [6, 6.07) is 11.2. The number of benzene rings is 1. The first-order valence-electron chi connectivity index (χ1n) is 9.68. The van der Waals surface area contributed by atoms with Crippen LogP contribution in [0.25, 0.3) is 0 Å². The van der Waals surface area contributed by atoms with Crippen LogP contribution in [-0.4, -0.2) is 49.2 Å². The van der Waals surface area contributed by atoms with Gasteiger partial charge in [-0.3, -0.25) is 4.79 Å². The lowest BCUT2D eigenvalue weighted by molar-refractivity contribution is -0.119. The van der Waals surface area contributed by atoms with Gasteiger partial charge in [0.15, 0.2) is 6.19 Å². The summed E-state index contributed by atoms with van der Waals surface area (Å²) in [6.07, 6.45) is 4.86. The second-order valence-electron chi connectivity index (χ2n) is 7.02. The Kier molecular flexibility index (Phi) is 7.20. The summed E-state index contributed by atoms with van der Waals surface area (Å²) in [6.45, 7) is 1.94. The third kappa shape index (κ3) is 5.47. The van der Waals surface area contributed by atoms with Gasteiger partial charge in [-0.15, -0.1) is 0 Å². The number of nitriles is 2. The van der Waals surface area contributed by atoms with E-state index in [1.54, 1.807) is 36.4 Å². The first-order valence-corrected chi connectivity index (χ1v) is 9.68. The van der Waals surface area contributed by atoms with Gasteiger partial charge in [-0.05, 0) is 54.3 Å². The van der Waals surface area contributed by atoms with Crippen molar-refractivity contribution < 1.29 is 14.3 Å². The maximum absolute atomic E-state index is 12.5. The predicted octanol–water partition coefficient (Wildman–Crippen LogP) is 2.31. The van der Waals surface area contributed by atoms with Crippen molar-refractivity contribution >= 4 is 11.7 Å². The third-order valence-electron chi connectivity index (χ3n) is 4.92. The van der Waals surface area contributed by atoms with Crippen LogP contribution in [-0.2, 0) is 16.0 Å². The fourth-order valence-corrected chi connectivity index (χ4v) is 3.32. The SMILES string of the molecule is COCCOc1ccc(C#N)c(Cc2ccnc(NC(=O)[C@H]3CCN(C#N)C3)c2)c1. The van der Waals surface area contributed by atoms with Crippen molar-refractivity contribution in [2.24, 2.45) is 5.92 Å². The Morgan fingerprint density at radius 2 is 2.17 bits per heavy atom. The molecular formula is C22H23N5O3. The number of aromatic nitrogens is 1. The summed E-state index contributed by atoms with van der Waals surface area (Å²) in [5.74, 6) is 0.774. The highest BCUT2D eigenvalue weighted by molar-refractivity contribution is 5.92. The van der Waals surface area contributed by atoms with Crippen LogP contribution in [0.4, 0.5) is 5.82 Å². The fraction of sp³-hybridized carbons (Fsp3) is 0.364. The Labute approximate surface area is 175 Å². The summed E-state index contributed by atoms with van der Waals surface area (Å²) in [5, 5.41) is 21.2. The highest BCUT2D eigenvalue weighted by Gasteiger charge is 2.28. The second kappa shape index (κ2) is 10.2. The summed E-state index contributed by atoms with van der Waals surface area (Å²) < 4.78 is 10.6. The Hall–Kier alpha value is -3.62. The molecule has 1 N–H and O–H groups in total. The van der Waals surface area contributed by atoms with Crippen LogP contribution in [0.1, 0.15) is 23.1 Å². The fourth-order valence-electron chi connectivity index (χ4n) is 3.32. The lowest BCUT2D eigenvalue weighted by atomic mass is 10.0. The zero-order chi connectivity index (χ0) is 21.3. The van der Waals surface area contributed by atoms with Crippen LogP contribution >= 0.6 is 0 Å². The van der Waals surface area contributed by atoms with Crippen LogP contribution in [0.3, 0.4) is 0 Å². The van der Waals surface area contributed by atoms with Crippen LogP contribution in [0.2, 0.25) is 0 Å². The molecule has 2 heterocycles. The van der Waals surface area contributed by atoms with Crippen LogP contribution < -0.4 is 10.1 Å². The highest BCUT2D eigenvalue weighted by atomic mass is 16.5. The summed E-state index contributed by atoms with van der Waals surface area (Å²) in [7, 11) is 1.61. The summed E-state index contributed by atoms with van der Waals surface area (Å²) >= 11 is 0. The second-order valence-corrected chi connectivity index (χ2v) is 7.02. The Bertz CT molecular complexity index is 979. The average molecular weight is 405 g/mol. The van der Waals surface area contributed by atoms with Crippen molar-refractivity contribution in [1.82, 2.24) is 9.88 Å². The van der Waals surface area contributed by atoms with Crippen molar-refractivity contribution in [1.29, 1.82) is 10.5 Å². The van der Waals surface area contributed by atoms with E-state index in [0.717, 1.165) is 11.1 Å². The number of rotatable bonds is 8. The molecule has 0 radical (unpaired) electrons. The highest BCUT2D eigenvalue weighted by Crippen LogP contribution is 2.22. The van der Waals surface area contributed by atoms with E-state index < -0.39 is 0 Å². The number of methoxy groups -OCH3 is 1. The van der Waals surface area contributed by atoms with Crippen LogP contribution in [0, 0.1) is 28.7 Å². The topological polar surface area (TPSA) is 111 Å². The molecule has 1 atom stereocenters. The summed E-state index contributed by atoms with van der Waals surface area (Å²) in [4.78, 5) is 18.3. The molecule has 1 aliphatic heterocycles. The van der Waals surface area contributed by atoms with Crippen molar-refractivity contribution in [2.75, 3.05) is 38.7 Å². The van der Waals surface area contributed by atoms with E-state index in [0.29, 0.717) is 56.3 Å². The largest absolute Gasteiger partial charge is 0.491 e. The molecule has 1 aromatic carbocycles. The minimum atomic E-state index is -0.221. The first kappa shape index (κ1) is 21.1. The molecule has 154 valence electrons. The summed E-state index contributed by atoms with van der Waals surface area (Å²) in [5.41, 5.74) is 2.31. The third-order valence-corrected chi connectivity index (χ3v) is 4.92. The van der Waals surface area contributed by atoms with E-state index in [2.05, 4.69) is 22.6 Å². The number of carbonyl (C=O) groups is 1. The van der Waals surface area contributed by atoms with Crippen LogP contribution in [0.15, 0.2) is 36.5 Å². The molecule has 1 fully saturated rings. The van der Waals surface area contributed by atoms with Gasteiger partial charge in [0.1, 0.15) is 18.2 Å². The standard InChI is InChI=1S/C22H23N5O3/c1-29-8-9-30-20-3-2-17(13-23)19(12-20)10-16-4-6-25-21(11-16)26-22(28)18-5-7-27(14-18)15-24/h2-4,6,11-12,18H,5,7-10,14H2,1H3,(H,25,26,28)/t18-/m0/s1. The van der Waals surface area contributed by atoms with Crippen LogP contribution in [0.5, 0.6) is 5.75 Å². The van der Waals surface area contributed by atoms with Gasteiger partial charge in [0, 0.05) is 26.4 Å². The molecular weight excluding hydrogens is 382 g/mol. The monoisotopic (exact) mass is 405 g/mol. The number of hydrogen-bond donors (Lipinski definition) is 1. The van der Waals surface area contributed by atoms with Gasteiger partial charge in [-0.25, -0.2) is 4.98 Å². The zero-order valence-corrected chi connectivity index (χ0v) is 16.8. The van der Waals surface area contributed by atoms with E-state index in [1.807, 2.05) is 12.1 Å². The Morgan fingerprint density at radius 3 is 2.90 bits per heavy atom. The van der Waals surface area contributed by atoms with Gasteiger partial charge in [0.05, 0.1) is 24.2 Å². The van der Waals surface area contributed by atoms with Gasteiger partial charge >= 0.3 is 0 Å². The molecule has 0 unspecified atom stereocenters. The maximum Gasteiger partial charge on any atom is 0.230 e. The number of carbonyl (C=O) groups excluding carboxylic acids is 1. The molecule has 1 aliphatic rings. The molecule has 3 rings (SSSR count). The number of likely N-dealkylation sites (tertiary alicyclic amines) is 1. The smallest absolute Gasteiger partial charge is 0.230 e. The van der Waals surface area contributed by atoms with Gasteiger partial charge in [0.25, 0.3) is 0 Å². The number of pyridine rings is 1. The minimum absolute atomic E-state index is 0.136. The van der Waals surface area contributed by atoms with Crippen molar-refractivity contribution in [3.63, 3.8) is 0 Å². The maximum atomic E-state index is 12.5. The van der Waals surface area contributed by atoms with E-state index in [4.69, 9.17) is 14.7 Å². The number of hydrogen-bond acceptors (Lipinski definition) is 7. The van der Waals surface area contributed by atoms with Gasteiger partial charge in [-0.1, -0.05) is 0 Å². The van der Waals surface area contributed by atoms with Gasteiger partial charge in [0.2, 0.25) is 5.91 Å². The number of amides is 1. The molecule has 1 saturated heterocycles. The van der Waals surface area contributed by atoms with E-state index >= 15 is 0 Å². The van der Waals surface area contributed by atoms with E-state index in [1.165, 1.54) is 0 Å². The Morgan fingerprint density at radius 1 is 1.30 bits per heavy atom. The number of nitrogens with zero attached hydrogens (tertiary/aromatic N) is 4. The van der Waals surface area contributed by atoms with E-state index in [-0.39, 0.29) is 11.8 Å². The molecule has 1 amide bonds. The zero-order valence-electron chi connectivity index (χ0n) is 16.8. The normalized spacial score (nSPS) is 15.3. The molecule has 0 bridgehead atoms. The number of ether oxygens (including phenoxy) is 2. The lowest BCUT2D eigenvalue weighted by Gasteiger charge is -2.12. The number of nitrogens with one attached hydrogen (secondary N) is 1. The Balaban J connectivity index is 1.69. The van der Waals surface area contributed by atoms with Gasteiger partial charge < -0.3 is 19.7 Å². The molecule has 0 aliphatic carbocycles. The minimum Gasteiger partial charge on any atom is -0.491 e. The molecule has 30 heavy (non-hydrogen) atoms. The average Bonchev–Trinajstić information content (AvgIpc) is 3.24. The first-order chi connectivity index (χ1) is 14.6.